The van der Waals surface area contributed by atoms with Crippen molar-refractivity contribution < 1.29 is 13.2 Å². The molecule has 0 bridgehead atoms. The zero-order chi connectivity index (χ0) is 23.6. The molecule has 0 saturated carbocycles. The number of rotatable bonds is 7. The Balaban J connectivity index is 1.72. The van der Waals surface area contributed by atoms with Gasteiger partial charge in [-0.2, -0.15) is 4.31 Å². The minimum atomic E-state index is -3.75. The molecule has 3 heterocycles. The number of H-pyrrole nitrogens is 1. The molecule has 12 heteroatoms. The predicted molar refractivity (Wildman–Crippen MR) is 126 cm³/mol. The van der Waals surface area contributed by atoms with E-state index in [9.17, 15) is 18.0 Å². The van der Waals surface area contributed by atoms with Crippen LogP contribution >= 0.6 is 11.3 Å². The molecule has 0 aliphatic carbocycles. The Kier molecular flexibility index (Phi) is 6.31. The number of amides is 1. The minimum Gasteiger partial charge on any atom is -0.322 e. The summed E-state index contributed by atoms with van der Waals surface area (Å²) in [6.45, 7) is 4.12. The van der Waals surface area contributed by atoms with Gasteiger partial charge in [0.15, 0.2) is 5.01 Å². The second kappa shape index (κ2) is 9.17. The molecule has 10 nitrogen and oxygen atoms in total. The van der Waals surface area contributed by atoms with Crippen molar-refractivity contribution in [2.75, 3.05) is 18.4 Å². The van der Waals surface area contributed by atoms with Gasteiger partial charge in [0.1, 0.15) is 5.69 Å². The van der Waals surface area contributed by atoms with Crippen LogP contribution in [0.2, 0.25) is 0 Å². The van der Waals surface area contributed by atoms with Crippen LogP contribution in [0.4, 0.5) is 5.13 Å². The number of sulfonamides is 1. The third-order valence-electron chi connectivity index (χ3n) is 4.93. The molecule has 0 fully saturated rings. The van der Waals surface area contributed by atoms with E-state index in [-0.39, 0.29) is 15.6 Å². The number of hydrogen-bond acceptors (Lipinski definition) is 8. The van der Waals surface area contributed by atoms with Crippen molar-refractivity contribution >= 4 is 43.3 Å². The summed E-state index contributed by atoms with van der Waals surface area (Å²) in [5.74, 6) is -0.604. The molecule has 4 aromatic rings. The zero-order valence-electron chi connectivity index (χ0n) is 17.8. The normalized spacial score (nSPS) is 11.7. The maximum absolute atomic E-state index is 13.0. The van der Waals surface area contributed by atoms with Gasteiger partial charge in [-0.15, -0.1) is 10.2 Å². The number of carbonyl (C=O) groups excluding carboxylic acids is 1. The van der Waals surface area contributed by atoms with E-state index in [1.165, 1.54) is 22.5 Å². The molecule has 4 rings (SSSR count). The summed E-state index contributed by atoms with van der Waals surface area (Å²) in [5, 5.41) is 11.7. The first-order valence-corrected chi connectivity index (χ1v) is 12.3. The van der Waals surface area contributed by atoms with E-state index in [4.69, 9.17) is 0 Å². The van der Waals surface area contributed by atoms with Crippen molar-refractivity contribution in [3.8, 4) is 10.7 Å². The predicted octanol–water partition coefficient (Wildman–Crippen LogP) is 2.72. The lowest BCUT2D eigenvalue weighted by atomic mass is 10.1. The molecule has 170 valence electrons. The monoisotopic (exact) mass is 484 g/mol. The van der Waals surface area contributed by atoms with Crippen LogP contribution in [0.25, 0.3) is 21.6 Å². The molecular weight excluding hydrogens is 464 g/mol. The summed E-state index contributed by atoms with van der Waals surface area (Å²) in [6.07, 6.45) is 1.63. The average molecular weight is 485 g/mol. The number of fused-ring (bicyclic) bond motifs is 1. The van der Waals surface area contributed by atoms with Crippen LogP contribution in [0.3, 0.4) is 0 Å². The second-order valence-electron chi connectivity index (χ2n) is 6.93. The van der Waals surface area contributed by atoms with Gasteiger partial charge < -0.3 is 4.98 Å². The lowest BCUT2D eigenvalue weighted by molar-refractivity contribution is 0.102. The van der Waals surface area contributed by atoms with Crippen LogP contribution < -0.4 is 10.9 Å². The van der Waals surface area contributed by atoms with Gasteiger partial charge >= 0.3 is 0 Å². The summed E-state index contributed by atoms with van der Waals surface area (Å²) in [6, 6.07) is 10.8. The Labute approximate surface area is 193 Å². The first kappa shape index (κ1) is 22.7. The number of anilines is 1. The fraction of sp³-hybridized carbons (Fsp3) is 0.190. The minimum absolute atomic E-state index is 0.0277. The van der Waals surface area contributed by atoms with Crippen LogP contribution in [0.15, 0.2) is 58.4 Å². The van der Waals surface area contributed by atoms with E-state index in [1.54, 1.807) is 32.2 Å². The number of nitrogens with zero attached hydrogens (tertiary/aromatic N) is 4. The van der Waals surface area contributed by atoms with Gasteiger partial charge in [-0.3, -0.25) is 19.9 Å². The Morgan fingerprint density at radius 2 is 1.91 bits per heavy atom. The Morgan fingerprint density at radius 1 is 1.12 bits per heavy atom. The summed E-state index contributed by atoms with van der Waals surface area (Å²) >= 11 is 1.13. The molecule has 1 amide bonds. The summed E-state index contributed by atoms with van der Waals surface area (Å²) < 4.78 is 27.2. The standard InChI is InChI=1S/C21H20N6O4S2/c1-3-27(4-2)33(30,31)13-8-9-16-14(11-13)15(12-18(28)23-16)19(29)24-21-26-25-20(32-21)17-7-5-6-10-22-17/h5-12H,3-4H2,1-2H3,(H,23,28)(H,24,26,29). The van der Waals surface area contributed by atoms with Gasteiger partial charge in [-0.05, 0) is 30.3 Å². The largest absolute Gasteiger partial charge is 0.322 e. The van der Waals surface area contributed by atoms with Crippen LogP contribution in [0.5, 0.6) is 0 Å². The third kappa shape index (κ3) is 4.53. The number of pyridine rings is 2. The smallest absolute Gasteiger partial charge is 0.258 e. The quantitative estimate of drug-likeness (QED) is 0.411. The fourth-order valence-corrected chi connectivity index (χ4v) is 5.52. The van der Waals surface area contributed by atoms with Crippen molar-refractivity contribution in [3.63, 3.8) is 0 Å². The molecule has 1 aromatic carbocycles. The number of nitrogens with one attached hydrogen (secondary N) is 2. The molecule has 3 aromatic heterocycles. The number of hydrogen-bond donors (Lipinski definition) is 2. The van der Waals surface area contributed by atoms with Crippen molar-refractivity contribution in [3.05, 3.63) is 64.6 Å². The zero-order valence-corrected chi connectivity index (χ0v) is 19.4. The van der Waals surface area contributed by atoms with Crippen molar-refractivity contribution in [2.24, 2.45) is 0 Å². The topological polar surface area (TPSA) is 138 Å². The number of benzene rings is 1. The first-order chi connectivity index (χ1) is 15.8. The lowest BCUT2D eigenvalue weighted by Crippen LogP contribution is -2.30. The lowest BCUT2D eigenvalue weighted by Gasteiger charge is -2.18. The molecule has 0 aliphatic rings. The highest BCUT2D eigenvalue weighted by molar-refractivity contribution is 7.89. The van der Waals surface area contributed by atoms with Crippen LogP contribution in [-0.4, -0.2) is 51.9 Å². The SMILES string of the molecule is CCN(CC)S(=O)(=O)c1ccc2[nH]c(=O)cc(C(=O)Nc3nnc(-c4ccccn4)s3)c2c1. The van der Waals surface area contributed by atoms with E-state index < -0.39 is 21.5 Å². The molecule has 0 unspecified atom stereocenters. The average Bonchev–Trinajstić information content (AvgIpc) is 3.27. The summed E-state index contributed by atoms with van der Waals surface area (Å²) in [7, 11) is -3.75. The van der Waals surface area contributed by atoms with Gasteiger partial charge in [0, 0.05) is 36.3 Å². The van der Waals surface area contributed by atoms with Gasteiger partial charge in [-0.25, -0.2) is 8.42 Å². The van der Waals surface area contributed by atoms with E-state index in [1.807, 2.05) is 6.07 Å². The van der Waals surface area contributed by atoms with E-state index in [0.29, 0.717) is 34.7 Å². The molecule has 33 heavy (non-hydrogen) atoms. The Morgan fingerprint density at radius 3 is 2.61 bits per heavy atom. The number of aromatic amines is 1. The molecule has 0 saturated heterocycles. The number of aromatic nitrogens is 4. The van der Waals surface area contributed by atoms with Gasteiger partial charge in [0.25, 0.3) is 5.91 Å². The van der Waals surface area contributed by atoms with Crippen molar-refractivity contribution in [1.29, 1.82) is 0 Å². The number of carbonyl (C=O) groups is 1. The Hall–Kier alpha value is -3.48. The highest BCUT2D eigenvalue weighted by Crippen LogP contribution is 2.26. The maximum Gasteiger partial charge on any atom is 0.258 e. The molecule has 0 spiro atoms. The van der Waals surface area contributed by atoms with Gasteiger partial charge in [0.05, 0.1) is 10.5 Å². The molecular formula is C21H20N6O4S2. The second-order valence-corrected chi connectivity index (χ2v) is 9.84. The van der Waals surface area contributed by atoms with Gasteiger partial charge in [0.2, 0.25) is 20.7 Å². The van der Waals surface area contributed by atoms with E-state index in [0.717, 1.165) is 17.4 Å². The van der Waals surface area contributed by atoms with Crippen molar-refractivity contribution in [2.45, 2.75) is 18.7 Å². The third-order valence-corrected chi connectivity index (χ3v) is 7.84. The van der Waals surface area contributed by atoms with Crippen LogP contribution in [-0.2, 0) is 10.0 Å². The molecule has 0 radical (unpaired) electrons. The molecule has 0 atom stereocenters. The Bertz CT molecular complexity index is 1480. The van der Waals surface area contributed by atoms with Crippen LogP contribution in [0.1, 0.15) is 24.2 Å². The first-order valence-electron chi connectivity index (χ1n) is 10.1. The summed E-state index contributed by atoms with van der Waals surface area (Å²) in [5.41, 5.74) is 0.499. The maximum atomic E-state index is 13.0. The van der Waals surface area contributed by atoms with Gasteiger partial charge in [-0.1, -0.05) is 31.3 Å². The van der Waals surface area contributed by atoms with Crippen LogP contribution in [0, 0.1) is 0 Å². The summed E-state index contributed by atoms with van der Waals surface area (Å²) in [4.78, 5) is 32.0. The molecule has 0 aliphatic heterocycles. The van der Waals surface area contributed by atoms with E-state index in [2.05, 4.69) is 25.5 Å². The molecule has 2 N–H and O–H groups in total. The highest BCUT2D eigenvalue weighted by atomic mass is 32.2. The van der Waals surface area contributed by atoms with Crippen molar-refractivity contribution in [1.82, 2.24) is 24.5 Å². The highest BCUT2D eigenvalue weighted by Gasteiger charge is 2.23. The van der Waals surface area contributed by atoms with E-state index >= 15 is 0 Å². The fourth-order valence-electron chi connectivity index (χ4n) is 3.32.